The summed E-state index contributed by atoms with van der Waals surface area (Å²) < 4.78 is 5.14. The predicted molar refractivity (Wildman–Crippen MR) is 91.2 cm³/mol. The molecule has 0 aliphatic heterocycles. The van der Waals surface area contributed by atoms with E-state index in [9.17, 15) is 9.59 Å². The molecule has 122 valence electrons. The Morgan fingerprint density at radius 2 is 1.86 bits per heavy atom. The van der Waals surface area contributed by atoms with Crippen molar-refractivity contribution in [2.24, 2.45) is 0 Å². The molecule has 0 fully saturated rings. The highest BCUT2D eigenvalue weighted by molar-refractivity contribution is 5.83. The Morgan fingerprint density at radius 1 is 1.23 bits per heavy atom. The number of hydrogen-bond donors (Lipinski definition) is 3. The van der Waals surface area contributed by atoms with Crippen LogP contribution in [0.15, 0.2) is 29.1 Å². The van der Waals surface area contributed by atoms with Gasteiger partial charge >= 0.3 is 0 Å². The summed E-state index contributed by atoms with van der Waals surface area (Å²) in [7, 11) is 1.50. The van der Waals surface area contributed by atoms with E-state index in [2.05, 4.69) is 10.3 Å². The van der Waals surface area contributed by atoms with Gasteiger partial charge < -0.3 is 20.8 Å². The van der Waals surface area contributed by atoms with Crippen LogP contribution in [-0.2, 0) is 4.79 Å². The number of benzene rings is 1. The van der Waals surface area contributed by atoms with Gasteiger partial charge in [0.25, 0.3) is 11.5 Å². The van der Waals surface area contributed by atoms with Gasteiger partial charge in [-0.05, 0) is 24.3 Å². The minimum atomic E-state index is -0.379. The number of carbonyl (C=O) groups excluding carboxylic acids is 1. The van der Waals surface area contributed by atoms with E-state index in [0.29, 0.717) is 11.2 Å². The number of hydrogen-bond acceptors (Lipinski definition) is 4. The van der Waals surface area contributed by atoms with Gasteiger partial charge in [0.1, 0.15) is 0 Å². The molecule has 0 aliphatic rings. The Bertz CT molecular complexity index is 651. The number of likely N-dealkylation sites (N-methyl/N-ethyl adjacent to an activating group) is 1. The molecule has 0 saturated heterocycles. The summed E-state index contributed by atoms with van der Waals surface area (Å²) in [6.45, 7) is 7.80. The first-order chi connectivity index (χ1) is 10.6. The zero-order valence-corrected chi connectivity index (χ0v) is 13.8. The lowest BCUT2D eigenvalue weighted by atomic mass is 10.2. The van der Waals surface area contributed by atoms with Crippen molar-refractivity contribution in [1.29, 1.82) is 0 Å². The lowest BCUT2D eigenvalue weighted by Gasteiger charge is -2.06. The molecule has 0 atom stereocenters. The van der Waals surface area contributed by atoms with Gasteiger partial charge in [-0.3, -0.25) is 9.59 Å². The van der Waals surface area contributed by atoms with E-state index in [1.54, 1.807) is 24.3 Å². The smallest absolute Gasteiger partial charge is 0.290 e. The fourth-order valence-electron chi connectivity index (χ4n) is 1.53. The summed E-state index contributed by atoms with van der Waals surface area (Å²) in [5.74, 6) is -0.209. The summed E-state index contributed by atoms with van der Waals surface area (Å²) in [6.07, 6.45) is 0. The average Bonchev–Trinajstić information content (AvgIpc) is 2.56. The molecule has 1 amide bonds. The highest BCUT2D eigenvalue weighted by atomic mass is 16.5. The number of H-pyrrole nitrogens is 1. The normalized spacial score (nSPS) is 8.95. The highest BCUT2D eigenvalue weighted by Gasteiger charge is 2.06. The predicted octanol–water partition coefficient (Wildman–Crippen LogP) is 2.29. The number of amides is 1. The van der Waals surface area contributed by atoms with E-state index in [-0.39, 0.29) is 23.8 Å². The van der Waals surface area contributed by atoms with Crippen molar-refractivity contribution in [2.75, 3.05) is 19.4 Å². The summed E-state index contributed by atoms with van der Waals surface area (Å²) in [5.41, 5.74) is 6.54. The number of aromatic nitrogens is 1. The van der Waals surface area contributed by atoms with Gasteiger partial charge in [-0.25, -0.2) is 0 Å². The molecule has 0 aliphatic carbocycles. The third kappa shape index (κ3) is 5.47. The first kappa shape index (κ1) is 19.5. The third-order valence-electron chi connectivity index (χ3n) is 2.47. The molecule has 0 spiro atoms. The Balaban J connectivity index is 0.00000102. The van der Waals surface area contributed by atoms with Crippen LogP contribution in [0.1, 0.15) is 27.7 Å². The second-order valence-corrected chi connectivity index (χ2v) is 3.77. The maximum atomic E-state index is 11.7. The number of nitrogens with one attached hydrogen (secondary N) is 2. The molecule has 2 rings (SSSR count). The molecule has 6 heteroatoms. The SMILES string of the molecule is CC.CC.CNC(=O)COc1cc2cc(N)ccc2[nH]c1=O. The summed E-state index contributed by atoms with van der Waals surface area (Å²) in [4.78, 5) is 25.4. The molecule has 0 bridgehead atoms. The quantitative estimate of drug-likeness (QED) is 0.758. The monoisotopic (exact) mass is 307 g/mol. The van der Waals surface area contributed by atoms with Gasteiger partial charge in [0.2, 0.25) is 0 Å². The van der Waals surface area contributed by atoms with Crippen LogP contribution in [0, 0.1) is 0 Å². The van der Waals surface area contributed by atoms with Crippen molar-refractivity contribution >= 4 is 22.5 Å². The summed E-state index contributed by atoms with van der Waals surface area (Å²) >= 11 is 0. The van der Waals surface area contributed by atoms with Crippen LogP contribution in [-0.4, -0.2) is 24.5 Å². The lowest BCUT2D eigenvalue weighted by molar-refractivity contribution is -0.122. The average molecular weight is 307 g/mol. The van der Waals surface area contributed by atoms with Crippen LogP contribution < -0.4 is 21.3 Å². The molecule has 0 radical (unpaired) electrons. The van der Waals surface area contributed by atoms with Crippen molar-refractivity contribution in [3.05, 3.63) is 34.6 Å². The van der Waals surface area contributed by atoms with Crippen molar-refractivity contribution in [2.45, 2.75) is 27.7 Å². The van der Waals surface area contributed by atoms with Crippen molar-refractivity contribution in [1.82, 2.24) is 10.3 Å². The molecular formula is C16H25N3O3. The van der Waals surface area contributed by atoms with E-state index in [1.807, 2.05) is 27.7 Å². The molecule has 4 N–H and O–H groups in total. The molecule has 6 nitrogen and oxygen atoms in total. The van der Waals surface area contributed by atoms with Gasteiger partial charge in [-0.1, -0.05) is 27.7 Å². The molecule has 22 heavy (non-hydrogen) atoms. The molecule has 1 heterocycles. The molecular weight excluding hydrogens is 282 g/mol. The molecule has 2 aromatic rings. The topological polar surface area (TPSA) is 97.2 Å². The van der Waals surface area contributed by atoms with Crippen LogP contribution in [0.4, 0.5) is 5.69 Å². The third-order valence-corrected chi connectivity index (χ3v) is 2.47. The molecule has 1 aromatic heterocycles. The van der Waals surface area contributed by atoms with E-state index in [0.717, 1.165) is 5.39 Å². The number of nitrogen functional groups attached to an aromatic ring is 1. The van der Waals surface area contributed by atoms with Crippen LogP contribution in [0.5, 0.6) is 5.75 Å². The first-order valence-electron chi connectivity index (χ1n) is 7.36. The van der Waals surface area contributed by atoms with Crippen molar-refractivity contribution < 1.29 is 9.53 Å². The second kappa shape index (κ2) is 10.3. The second-order valence-electron chi connectivity index (χ2n) is 3.77. The molecule has 1 aromatic carbocycles. The molecule has 0 unspecified atom stereocenters. The van der Waals surface area contributed by atoms with E-state index < -0.39 is 0 Å². The number of nitrogens with two attached hydrogens (primary N) is 1. The van der Waals surface area contributed by atoms with E-state index in [4.69, 9.17) is 10.5 Å². The Morgan fingerprint density at radius 3 is 2.45 bits per heavy atom. The fourth-order valence-corrected chi connectivity index (χ4v) is 1.53. The van der Waals surface area contributed by atoms with Gasteiger partial charge in [0.05, 0.1) is 0 Å². The standard InChI is InChI=1S/C12H13N3O3.2C2H6/c1-14-11(16)6-18-10-5-7-4-8(13)2-3-9(7)15-12(10)17;2*1-2/h2-5H,6,13H2,1H3,(H,14,16)(H,15,17);2*1-2H3. The van der Waals surface area contributed by atoms with Gasteiger partial charge in [-0.15, -0.1) is 0 Å². The van der Waals surface area contributed by atoms with E-state index >= 15 is 0 Å². The van der Waals surface area contributed by atoms with Crippen LogP contribution >= 0.6 is 0 Å². The Kier molecular flexibility index (Phi) is 9.09. The van der Waals surface area contributed by atoms with Crippen molar-refractivity contribution in [3.63, 3.8) is 0 Å². The number of aromatic amines is 1. The fraction of sp³-hybridized carbons (Fsp3) is 0.375. The van der Waals surface area contributed by atoms with Crippen LogP contribution in [0.25, 0.3) is 10.9 Å². The zero-order chi connectivity index (χ0) is 17.1. The maximum absolute atomic E-state index is 11.7. The summed E-state index contributed by atoms with van der Waals surface area (Å²) in [5, 5.41) is 3.16. The van der Waals surface area contributed by atoms with Crippen LogP contribution in [0.2, 0.25) is 0 Å². The first-order valence-corrected chi connectivity index (χ1v) is 7.36. The van der Waals surface area contributed by atoms with Crippen LogP contribution in [0.3, 0.4) is 0 Å². The zero-order valence-electron chi connectivity index (χ0n) is 13.8. The lowest BCUT2D eigenvalue weighted by Crippen LogP contribution is -2.26. The van der Waals surface area contributed by atoms with Crippen molar-refractivity contribution in [3.8, 4) is 5.75 Å². The van der Waals surface area contributed by atoms with Gasteiger partial charge in [-0.2, -0.15) is 0 Å². The highest BCUT2D eigenvalue weighted by Crippen LogP contribution is 2.17. The summed E-state index contributed by atoms with van der Waals surface area (Å²) in [6, 6.07) is 6.70. The van der Waals surface area contributed by atoms with E-state index in [1.165, 1.54) is 7.05 Å². The number of pyridine rings is 1. The minimum Gasteiger partial charge on any atom is -0.478 e. The Hall–Kier alpha value is -2.50. The number of fused-ring (bicyclic) bond motifs is 1. The largest absolute Gasteiger partial charge is 0.478 e. The minimum absolute atomic E-state index is 0.0942. The maximum Gasteiger partial charge on any atom is 0.290 e. The van der Waals surface area contributed by atoms with Gasteiger partial charge in [0.15, 0.2) is 12.4 Å². The Labute approximate surface area is 130 Å². The number of rotatable bonds is 3. The molecule has 0 saturated carbocycles. The number of anilines is 1. The number of carbonyl (C=O) groups is 1. The number of ether oxygens (including phenoxy) is 1. The van der Waals surface area contributed by atoms with Gasteiger partial charge in [0, 0.05) is 23.6 Å².